The monoisotopic (exact) mass is 186 g/mol. The van der Waals surface area contributed by atoms with Gasteiger partial charge in [0.2, 0.25) is 0 Å². The van der Waals surface area contributed by atoms with Gasteiger partial charge in [-0.05, 0) is 0 Å². The standard InChI is InChI=1S/C8H8F2N2O/c1-12(2)4-6(3-11)7(5-13)8(9)10/h4,8H,1-2H3. The highest BCUT2D eigenvalue weighted by Crippen LogP contribution is 2.14. The maximum atomic E-state index is 12.1. The highest BCUT2D eigenvalue weighted by atomic mass is 19.3. The molecule has 0 radical (unpaired) electrons. The second kappa shape index (κ2) is 5.07. The van der Waals surface area contributed by atoms with Crippen molar-refractivity contribution in [3.8, 4) is 6.07 Å². The highest BCUT2D eigenvalue weighted by molar-refractivity contribution is 5.65. The Morgan fingerprint density at radius 3 is 2.31 bits per heavy atom. The van der Waals surface area contributed by atoms with E-state index in [1.54, 1.807) is 14.1 Å². The molecule has 0 rings (SSSR count). The fourth-order valence-electron chi connectivity index (χ4n) is 0.634. The van der Waals surface area contributed by atoms with E-state index in [1.165, 1.54) is 11.0 Å². The lowest BCUT2D eigenvalue weighted by Crippen LogP contribution is -2.07. The SMILES string of the molecule is CN(C)C=C(C#N)C(=C=O)C(F)F. The zero-order chi connectivity index (χ0) is 10.4. The number of halogens is 2. The molecule has 0 saturated carbocycles. The molecule has 0 fully saturated rings. The van der Waals surface area contributed by atoms with Gasteiger partial charge in [-0.25, -0.2) is 13.6 Å². The molecule has 0 unspecified atom stereocenters. The van der Waals surface area contributed by atoms with Gasteiger partial charge in [0.25, 0.3) is 6.43 Å². The molecule has 0 saturated heterocycles. The fraction of sp³-hybridized carbons (Fsp3) is 0.375. The Hall–Kier alpha value is -1.66. The summed E-state index contributed by atoms with van der Waals surface area (Å²) >= 11 is 0. The van der Waals surface area contributed by atoms with Crippen molar-refractivity contribution in [3.63, 3.8) is 0 Å². The zero-order valence-electron chi connectivity index (χ0n) is 7.21. The molecule has 0 aliphatic rings. The van der Waals surface area contributed by atoms with Crippen molar-refractivity contribution in [1.29, 1.82) is 5.26 Å². The lowest BCUT2D eigenvalue weighted by Gasteiger charge is -2.06. The first kappa shape index (κ1) is 11.3. The van der Waals surface area contributed by atoms with Crippen molar-refractivity contribution in [2.45, 2.75) is 6.43 Å². The Bertz CT molecular complexity index is 296. The Labute approximate surface area is 74.6 Å². The quantitative estimate of drug-likeness (QED) is 0.375. The van der Waals surface area contributed by atoms with Crippen LogP contribution in [0, 0.1) is 11.3 Å². The van der Waals surface area contributed by atoms with Gasteiger partial charge >= 0.3 is 0 Å². The summed E-state index contributed by atoms with van der Waals surface area (Å²) in [5, 5.41) is 8.45. The molecule has 3 nitrogen and oxygen atoms in total. The number of hydrogen-bond acceptors (Lipinski definition) is 3. The first-order valence-corrected chi connectivity index (χ1v) is 3.34. The Balaban J connectivity index is 5.01. The maximum Gasteiger partial charge on any atom is 0.275 e. The number of nitrogens with zero attached hydrogens (tertiary/aromatic N) is 2. The van der Waals surface area contributed by atoms with E-state index in [-0.39, 0.29) is 5.57 Å². The van der Waals surface area contributed by atoms with Crippen molar-refractivity contribution >= 4 is 5.94 Å². The van der Waals surface area contributed by atoms with Crippen LogP contribution in [0.15, 0.2) is 17.3 Å². The lowest BCUT2D eigenvalue weighted by molar-refractivity contribution is 0.194. The summed E-state index contributed by atoms with van der Waals surface area (Å²) in [6, 6.07) is 1.51. The van der Waals surface area contributed by atoms with Crippen LogP contribution in [-0.4, -0.2) is 31.4 Å². The van der Waals surface area contributed by atoms with Gasteiger partial charge in [0, 0.05) is 20.3 Å². The highest BCUT2D eigenvalue weighted by Gasteiger charge is 2.17. The molecule has 0 aromatic heterocycles. The summed E-state index contributed by atoms with van der Waals surface area (Å²) in [5.41, 5.74) is -1.27. The van der Waals surface area contributed by atoms with Crippen LogP contribution in [0.25, 0.3) is 0 Å². The van der Waals surface area contributed by atoms with E-state index in [1.807, 2.05) is 0 Å². The summed E-state index contributed by atoms with van der Waals surface area (Å²) in [5.74, 6) is 1.06. The molecule has 0 aromatic rings. The number of rotatable bonds is 3. The van der Waals surface area contributed by atoms with Crippen LogP contribution in [-0.2, 0) is 4.79 Å². The van der Waals surface area contributed by atoms with Gasteiger partial charge in [-0.15, -0.1) is 0 Å². The third kappa shape index (κ3) is 3.50. The summed E-state index contributed by atoms with van der Waals surface area (Å²) in [6.07, 6.45) is -1.82. The van der Waals surface area contributed by atoms with E-state index in [0.717, 1.165) is 12.1 Å². The molecule has 0 atom stereocenters. The molecule has 0 bridgehead atoms. The van der Waals surface area contributed by atoms with E-state index in [9.17, 15) is 13.6 Å². The number of allylic oxidation sites excluding steroid dienone is 2. The van der Waals surface area contributed by atoms with Crippen LogP contribution in [0.4, 0.5) is 8.78 Å². The summed E-state index contributed by atoms with van der Waals surface area (Å²) in [6.45, 7) is 0. The lowest BCUT2D eigenvalue weighted by atomic mass is 10.1. The fourth-order valence-corrected chi connectivity index (χ4v) is 0.634. The van der Waals surface area contributed by atoms with Crippen LogP contribution in [0.1, 0.15) is 0 Å². The van der Waals surface area contributed by atoms with Gasteiger partial charge in [0.1, 0.15) is 17.6 Å². The molecule has 5 heteroatoms. The molecule has 13 heavy (non-hydrogen) atoms. The molecule has 0 spiro atoms. The zero-order valence-corrected chi connectivity index (χ0v) is 7.21. The molecule has 0 N–H and O–H groups in total. The normalized spacial score (nSPS) is 10.6. The van der Waals surface area contributed by atoms with Crippen molar-refractivity contribution in [1.82, 2.24) is 4.90 Å². The van der Waals surface area contributed by atoms with E-state index < -0.39 is 12.0 Å². The number of nitriles is 1. The van der Waals surface area contributed by atoms with Crippen LogP contribution in [0.2, 0.25) is 0 Å². The van der Waals surface area contributed by atoms with E-state index >= 15 is 0 Å². The van der Waals surface area contributed by atoms with Crippen LogP contribution in [0.3, 0.4) is 0 Å². The Morgan fingerprint density at radius 1 is 1.54 bits per heavy atom. The predicted molar refractivity (Wildman–Crippen MR) is 42.6 cm³/mol. The van der Waals surface area contributed by atoms with Crippen molar-refractivity contribution in [3.05, 3.63) is 17.3 Å². The van der Waals surface area contributed by atoms with Crippen molar-refractivity contribution in [2.75, 3.05) is 14.1 Å². The minimum absolute atomic E-state index is 0.366. The van der Waals surface area contributed by atoms with Gasteiger partial charge in [-0.3, -0.25) is 0 Å². The van der Waals surface area contributed by atoms with Gasteiger partial charge < -0.3 is 4.90 Å². The van der Waals surface area contributed by atoms with Gasteiger partial charge in [-0.2, -0.15) is 5.26 Å². The summed E-state index contributed by atoms with van der Waals surface area (Å²) < 4.78 is 24.2. The molecular weight excluding hydrogens is 178 g/mol. The van der Waals surface area contributed by atoms with Crippen LogP contribution < -0.4 is 0 Å². The molecule has 0 aliphatic heterocycles. The Morgan fingerprint density at radius 2 is 2.08 bits per heavy atom. The minimum Gasteiger partial charge on any atom is -0.382 e. The first-order valence-electron chi connectivity index (χ1n) is 3.34. The second-order valence-corrected chi connectivity index (χ2v) is 2.43. The van der Waals surface area contributed by atoms with Crippen molar-refractivity contribution < 1.29 is 13.6 Å². The molecule has 0 amide bonds. The largest absolute Gasteiger partial charge is 0.382 e. The van der Waals surface area contributed by atoms with Crippen LogP contribution >= 0.6 is 0 Å². The topological polar surface area (TPSA) is 44.1 Å². The average Bonchev–Trinajstić information content (AvgIpc) is 2.02. The summed E-state index contributed by atoms with van der Waals surface area (Å²) in [4.78, 5) is 11.5. The van der Waals surface area contributed by atoms with Crippen LogP contribution in [0.5, 0.6) is 0 Å². The third-order valence-electron chi connectivity index (χ3n) is 1.13. The number of alkyl halides is 2. The molecule has 0 aliphatic carbocycles. The predicted octanol–water partition coefficient (Wildman–Crippen LogP) is 0.979. The van der Waals surface area contributed by atoms with Gasteiger partial charge in [0.15, 0.2) is 0 Å². The van der Waals surface area contributed by atoms with E-state index in [0.29, 0.717) is 0 Å². The minimum atomic E-state index is -2.97. The van der Waals surface area contributed by atoms with Gasteiger partial charge in [-0.1, -0.05) is 0 Å². The number of hydrogen-bond donors (Lipinski definition) is 0. The number of carbonyl (C=O) groups excluding carboxylic acids is 1. The molecule has 0 heterocycles. The third-order valence-corrected chi connectivity index (χ3v) is 1.13. The van der Waals surface area contributed by atoms with E-state index in [4.69, 9.17) is 5.26 Å². The second-order valence-electron chi connectivity index (χ2n) is 2.43. The first-order chi connectivity index (χ1) is 6.02. The smallest absolute Gasteiger partial charge is 0.275 e. The molecular formula is C8H8F2N2O. The average molecular weight is 186 g/mol. The summed E-state index contributed by atoms with van der Waals surface area (Å²) in [7, 11) is 3.12. The van der Waals surface area contributed by atoms with Crippen molar-refractivity contribution in [2.24, 2.45) is 0 Å². The molecule has 0 aromatic carbocycles. The maximum absolute atomic E-state index is 12.1. The molecule has 70 valence electrons. The Kier molecular flexibility index (Phi) is 4.42. The van der Waals surface area contributed by atoms with E-state index in [2.05, 4.69) is 0 Å². The van der Waals surface area contributed by atoms with Gasteiger partial charge in [0.05, 0.1) is 5.57 Å².